The molecule has 1 aliphatic rings. The fourth-order valence-corrected chi connectivity index (χ4v) is 5.53. The first-order chi connectivity index (χ1) is 17.2. The fraction of sp³-hybridized carbons (Fsp3) is 0.481. The van der Waals surface area contributed by atoms with E-state index in [0.717, 1.165) is 38.4 Å². The normalized spacial score (nSPS) is 15.2. The number of carbonyl (C=O) groups excluding carboxylic acids is 2. The highest BCUT2D eigenvalue weighted by molar-refractivity contribution is 7.92. The second kappa shape index (κ2) is 12.9. The molecule has 1 saturated carbocycles. The van der Waals surface area contributed by atoms with Crippen molar-refractivity contribution in [2.75, 3.05) is 17.1 Å². The number of nitrogens with zero attached hydrogens (tertiary/aromatic N) is 2. The van der Waals surface area contributed by atoms with Gasteiger partial charge in [-0.1, -0.05) is 55.7 Å². The van der Waals surface area contributed by atoms with Gasteiger partial charge in [-0.2, -0.15) is 0 Å². The van der Waals surface area contributed by atoms with Crippen LogP contribution >= 0.6 is 0 Å². The smallest absolute Gasteiger partial charge is 0.242 e. The van der Waals surface area contributed by atoms with Gasteiger partial charge in [0.25, 0.3) is 0 Å². The summed E-state index contributed by atoms with van der Waals surface area (Å²) < 4.78 is 40.4. The van der Waals surface area contributed by atoms with E-state index >= 15 is 0 Å². The highest BCUT2D eigenvalue weighted by Crippen LogP contribution is 2.20. The van der Waals surface area contributed by atoms with Crippen LogP contribution < -0.4 is 9.62 Å². The molecular weight excluding hydrogens is 481 g/mol. The van der Waals surface area contributed by atoms with Gasteiger partial charge in [-0.15, -0.1) is 0 Å². The average molecular weight is 518 g/mol. The Morgan fingerprint density at radius 2 is 1.67 bits per heavy atom. The molecule has 7 nitrogen and oxygen atoms in total. The molecule has 36 heavy (non-hydrogen) atoms. The van der Waals surface area contributed by atoms with Crippen molar-refractivity contribution >= 4 is 27.5 Å². The van der Waals surface area contributed by atoms with E-state index in [1.165, 1.54) is 15.3 Å². The van der Waals surface area contributed by atoms with Crippen molar-refractivity contribution in [2.24, 2.45) is 0 Å². The van der Waals surface area contributed by atoms with Gasteiger partial charge in [-0.25, -0.2) is 12.8 Å². The van der Waals surface area contributed by atoms with Crippen LogP contribution in [0, 0.1) is 5.82 Å². The molecule has 2 aromatic rings. The summed E-state index contributed by atoms with van der Waals surface area (Å²) in [6.07, 6.45) is 6.53. The molecule has 9 heteroatoms. The summed E-state index contributed by atoms with van der Waals surface area (Å²) in [5.74, 6) is -1.03. The van der Waals surface area contributed by atoms with Crippen molar-refractivity contribution in [2.45, 2.75) is 70.5 Å². The molecule has 1 atom stereocenters. The first-order valence-electron chi connectivity index (χ1n) is 12.5. The van der Waals surface area contributed by atoms with Crippen LogP contribution in [0.3, 0.4) is 0 Å². The number of benzene rings is 2. The molecule has 2 aromatic carbocycles. The maximum Gasteiger partial charge on any atom is 0.242 e. The summed E-state index contributed by atoms with van der Waals surface area (Å²) in [6.45, 7) is 1.73. The molecule has 1 N–H and O–H groups in total. The van der Waals surface area contributed by atoms with Crippen LogP contribution in [0.2, 0.25) is 0 Å². The van der Waals surface area contributed by atoms with Gasteiger partial charge in [0.05, 0.1) is 11.9 Å². The summed E-state index contributed by atoms with van der Waals surface area (Å²) >= 11 is 0. The molecule has 1 aliphatic carbocycles. The second-order valence-corrected chi connectivity index (χ2v) is 11.3. The van der Waals surface area contributed by atoms with Gasteiger partial charge < -0.3 is 10.2 Å². The van der Waals surface area contributed by atoms with Crippen LogP contribution in [-0.4, -0.2) is 50.0 Å². The lowest BCUT2D eigenvalue weighted by Crippen LogP contribution is -2.50. The SMILES string of the molecule is C[C@@H](C(=O)NC1CCCCC1)N(Cc1ccccc1F)C(=O)CCCN(c1ccccc1)S(C)(=O)=O. The predicted molar refractivity (Wildman–Crippen MR) is 139 cm³/mol. The lowest BCUT2D eigenvalue weighted by molar-refractivity contribution is -0.141. The van der Waals surface area contributed by atoms with E-state index in [1.54, 1.807) is 55.5 Å². The van der Waals surface area contributed by atoms with Crippen molar-refractivity contribution < 1.29 is 22.4 Å². The number of hydrogen-bond acceptors (Lipinski definition) is 4. The van der Waals surface area contributed by atoms with Crippen LogP contribution in [0.1, 0.15) is 57.4 Å². The Balaban J connectivity index is 1.71. The molecule has 1 fully saturated rings. The molecule has 0 aliphatic heterocycles. The van der Waals surface area contributed by atoms with Crippen molar-refractivity contribution in [3.8, 4) is 0 Å². The Morgan fingerprint density at radius 1 is 1.03 bits per heavy atom. The highest BCUT2D eigenvalue weighted by Gasteiger charge is 2.29. The minimum atomic E-state index is -3.54. The molecule has 0 radical (unpaired) electrons. The Kier molecular flexibility index (Phi) is 9.87. The number of hydrogen-bond donors (Lipinski definition) is 1. The van der Waals surface area contributed by atoms with Crippen molar-refractivity contribution in [1.29, 1.82) is 0 Å². The number of anilines is 1. The van der Waals surface area contributed by atoms with Gasteiger partial charge in [0.1, 0.15) is 11.9 Å². The lowest BCUT2D eigenvalue weighted by Gasteiger charge is -2.31. The molecule has 0 saturated heterocycles. The summed E-state index contributed by atoms with van der Waals surface area (Å²) in [6, 6.07) is 14.2. The van der Waals surface area contributed by atoms with Crippen molar-refractivity contribution in [3.05, 3.63) is 66.0 Å². The molecule has 2 amide bonds. The Morgan fingerprint density at radius 3 is 2.31 bits per heavy atom. The highest BCUT2D eigenvalue weighted by atomic mass is 32.2. The summed E-state index contributed by atoms with van der Waals surface area (Å²) in [4.78, 5) is 27.8. The van der Waals surface area contributed by atoms with Gasteiger partial charge in [0.15, 0.2) is 0 Å². The van der Waals surface area contributed by atoms with Gasteiger partial charge in [0.2, 0.25) is 21.8 Å². The Bertz CT molecular complexity index is 1120. The summed E-state index contributed by atoms with van der Waals surface area (Å²) in [5.41, 5.74) is 0.848. The zero-order chi connectivity index (χ0) is 26.1. The first kappa shape index (κ1) is 27.6. The number of para-hydroxylation sites is 1. The number of nitrogens with one attached hydrogen (secondary N) is 1. The third kappa shape index (κ3) is 7.78. The van der Waals surface area contributed by atoms with Gasteiger partial charge in [-0.3, -0.25) is 13.9 Å². The zero-order valence-electron chi connectivity index (χ0n) is 21.0. The lowest BCUT2D eigenvalue weighted by atomic mass is 9.95. The van der Waals surface area contributed by atoms with E-state index in [-0.39, 0.29) is 43.8 Å². The van der Waals surface area contributed by atoms with E-state index in [2.05, 4.69) is 5.32 Å². The number of carbonyl (C=O) groups is 2. The van der Waals surface area contributed by atoms with Crippen LogP contribution in [0.5, 0.6) is 0 Å². The van der Waals surface area contributed by atoms with Crippen LogP contribution in [0.15, 0.2) is 54.6 Å². The molecule has 0 aromatic heterocycles. The molecule has 196 valence electrons. The van der Waals surface area contributed by atoms with E-state index in [0.29, 0.717) is 11.3 Å². The number of sulfonamides is 1. The van der Waals surface area contributed by atoms with Crippen molar-refractivity contribution in [1.82, 2.24) is 10.2 Å². The third-order valence-electron chi connectivity index (χ3n) is 6.61. The van der Waals surface area contributed by atoms with Gasteiger partial charge in [0, 0.05) is 31.1 Å². The average Bonchev–Trinajstić information content (AvgIpc) is 2.86. The molecule has 0 bridgehead atoms. The summed E-state index contributed by atoms with van der Waals surface area (Å²) in [5, 5.41) is 3.06. The van der Waals surface area contributed by atoms with E-state index in [4.69, 9.17) is 0 Å². The van der Waals surface area contributed by atoms with E-state index in [1.807, 2.05) is 0 Å². The second-order valence-electron chi connectivity index (χ2n) is 9.41. The number of rotatable bonds is 11. The fourth-order valence-electron chi connectivity index (χ4n) is 4.56. The monoisotopic (exact) mass is 517 g/mol. The molecule has 0 unspecified atom stereocenters. The maximum absolute atomic E-state index is 14.4. The zero-order valence-corrected chi connectivity index (χ0v) is 21.8. The van der Waals surface area contributed by atoms with E-state index in [9.17, 15) is 22.4 Å². The van der Waals surface area contributed by atoms with Crippen molar-refractivity contribution in [3.63, 3.8) is 0 Å². The van der Waals surface area contributed by atoms with Gasteiger partial charge >= 0.3 is 0 Å². The first-order valence-corrected chi connectivity index (χ1v) is 14.4. The van der Waals surface area contributed by atoms with Crippen LogP contribution in [-0.2, 0) is 26.2 Å². The van der Waals surface area contributed by atoms with Crippen LogP contribution in [0.4, 0.5) is 10.1 Å². The minimum absolute atomic E-state index is 0.0222. The molecular formula is C27H36FN3O4S. The standard InChI is InChI=1S/C27H36FN3O4S/c1-21(27(33)29-23-13-5-3-6-14-23)30(20-22-12-9-10-17-25(22)28)26(32)18-11-19-31(36(2,34)35)24-15-7-4-8-16-24/h4,7-10,12,15-17,21,23H,3,5-6,11,13-14,18-20H2,1-2H3,(H,29,33)/t21-/m0/s1. The predicted octanol–water partition coefficient (Wildman–Crippen LogP) is 4.24. The van der Waals surface area contributed by atoms with Gasteiger partial charge in [-0.05, 0) is 44.4 Å². The van der Waals surface area contributed by atoms with Crippen LogP contribution in [0.25, 0.3) is 0 Å². The largest absolute Gasteiger partial charge is 0.352 e. The maximum atomic E-state index is 14.4. The van der Waals surface area contributed by atoms with E-state index < -0.39 is 21.9 Å². The molecule has 0 heterocycles. The minimum Gasteiger partial charge on any atom is -0.352 e. The topological polar surface area (TPSA) is 86.8 Å². The Labute approximate surface area is 213 Å². The molecule has 3 rings (SSSR count). The third-order valence-corrected chi connectivity index (χ3v) is 7.81. The quantitative estimate of drug-likeness (QED) is 0.483. The number of halogens is 1. The number of amides is 2. The molecule has 0 spiro atoms. The summed E-state index contributed by atoms with van der Waals surface area (Å²) in [7, 11) is -3.54. The Hall–Kier alpha value is -2.94.